The summed E-state index contributed by atoms with van der Waals surface area (Å²) in [5.41, 5.74) is 1.75. The van der Waals surface area contributed by atoms with E-state index in [0.29, 0.717) is 5.41 Å². The maximum absolute atomic E-state index is 3.90. The van der Waals surface area contributed by atoms with Gasteiger partial charge in [-0.3, -0.25) is 5.10 Å². The maximum atomic E-state index is 3.90. The number of nitrogens with zero attached hydrogens (tertiary/aromatic N) is 1. The fraction of sp³-hybridized carbons (Fsp3) is 0.571. The van der Waals surface area contributed by atoms with Crippen molar-refractivity contribution in [2.24, 2.45) is 0 Å². The second-order valence-corrected chi connectivity index (χ2v) is 3.03. The van der Waals surface area contributed by atoms with Crippen LogP contribution in [0.1, 0.15) is 25.5 Å². The summed E-state index contributed by atoms with van der Waals surface area (Å²) in [5, 5.41) is 6.89. The van der Waals surface area contributed by atoms with E-state index in [9.17, 15) is 0 Å². The Balaban J connectivity index is 0.000000500. The number of nitrogens with one attached hydrogen (secondary N) is 1. The van der Waals surface area contributed by atoms with Crippen LogP contribution < -0.4 is 0 Å². The molecular weight excluding hydrogens is 148 g/mol. The normalized spacial score (nSPS) is 19.7. The number of aromatic amines is 1. The van der Waals surface area contributed by atoms with Crippen LogP contribution in [0.5, 0.6) is 0 Å². The van der Waals surface area contributed by atoms with Gasteiger partial charge in [-0.05, 0) is 18.9 Å². The van der Waals surface area contributed by atoms with Crippen LogP contribution in [0.2, 0.25) is 0 Å². The van der Waals surface area contributed by atoms with Crippen LogP contribution in [0.25, 0.3) is 0 Å². The lowest BCUT2D eigenvalue weighted by Gasteiger charge is -2.00. The van der Waals surface area contributed by atoms with Crippen LogP contribution in [0.3, 0.4) is 0 Å². The molecular formula is C7H11ClN2. The molecule has 1 heterocycles. The smallest absolute Gasteiger partial charge is 0.0490 e. The topological polar surface area (TPSA) is 28.7 Å². The molecule has 0 aliphatic heterocycles. The third kappa shape index (κ3) is 1.03. The molecule has 1 aromatic heterocycles. The molecule has 56 valence electrons. The van der Waals surface area contributed by atoms with E-state index in [1.807, 2.05) is 6.20 Å². The van der Waals surface area contributed by atoms with E-state index in [4.69, 9.17) is 0 Å². The largest absolute Gasteiger partial charge is 0.282 e. The maximum Gasteiger partial charge on any atom is 0.0490 e. The first-order valence-electron chi connectivity index (χ1n) is 3.31. The van der Waals surface area contributed by atoms with E-state index in [1.54, 1.807) is 0 Å². The first-order valence-corrected chi connectivity index (χ1v) is 3.31. The van der Waals surface area contributed by atoms with E-state index < -0.39 is 0 Å². The Morgan fingerprint density at radius 1 is 1.60 bits per heavy atom. The van der Waals surface area contributed by atoms with E-state index in [2.05, 4.69) is 23.2 Å². The fourth-order valence-electron chi connectivity index (χ4n) is 1.05. The van der Waals surface area contributed by atoms with Gasteiger partial charge in [0.25, 0.3) is 0 Å². The van der Waals surface area contributed by atoms with Crippen LogP contribution in [0, 0.1) is 0 Å². The molecule has 0 radical (unpaired) electrons. The Morgan fingerprint density at radius 3 is 2.70 bits per heavy atom. The standard InChI is InChI=1S/C7H10N2.ClH/c1-7(3-4-7)6-2-5-8-9-6;/h2,5H,3-4H2,1H3,(H,8,9);1H. The molecule has 1 aromatic rings. The van der Waals surface area contributed by atoms with Crippen molar-refractivity contribution in [3.63, 3.8) is 0 Å². The van der Waals surface area contributed by atoms with Gasteiger partial charge >= 0.3 is 0 Å². The lowest BCUT2D eigenvalue weighted by atomic mass is 10.1. The minimum absolute atomic E-state index is 0. The van der Waals surface area contributed by atoms with Crippen LogP contribution in [-0.2, 0) is 5.41 Å². The molecule has 1 N–H and O–H groups in total. The molecule has 0 atom stereocenters. The summed E-state index contributed by atoms with van der Waals surface area (Å²) in [6.45, 7) is 2.26. The molecule has 3 heteroatoms. The summed E-state index contributed by atoms with van der Waals surface area (Å²) in [6, 6.07) is 2.06. The van der Waals surface area contributed by atoms with Crippen LogP contribution in [0.4, 0.5) is 0 Å². The van der Waals surface area contributed by atoms with Gasteiger partial charge in [-0.15, -0.1) is 12.4 Å². The fourth-order valence-corrected chi connectivity index (χ4v) is 1.05. The van der Waals surface area contributed by atoms with Crippen molar-refractivity contribution < 1.29 is 0 Å². The van der Waals surface area contributed by atoms with Crippen molar-refractivity contribution in [1.82, 2.24) is 10.2 Å². The van der Waals surface area contributed by atoms with Gasteiger partial charge in [0.05, 0.1) is 0 Å². The molecule has 10 heavy (non-hydrogen) atoms. The molecule has 1 aliphatic rings. The number of hydrogen-bond donors (Lipinski definition) is 1. The van der Waals surface area contributed by atoms with Crippen molar-refractivity contribution in [3.8, 4) is 0 Å². The lowest BCUT2D eigenvalue weighted by molar-refractivity contribution is 0.742. The van der Waals surface area contributed by atoms with Gasteiger partial charge in [0.2, 0.25) is 0 Å². The molecule has 0 spiro atoms. The first-order chi connectivity index (χ1) is 4.31. The van der Waals surface area contributed by atoms with Gasteiger partial charge in [-0.25, -0.2) is 0 Å². The van der Waals surface area contributed by atoms with E-state index >= 15 is 0 Å². The summed E-state index contributed by atoms with van der Waals surface area (Å²) >= 11 is 0. The quantitative estimate of drug-likeness (QED) is 0.665. The van der Waals surface area contributed by atoms with Gasteiger partial charge in [0.1, 0.15) is 0 Å². The van der Waals surface area contributed by atoms with Crippen molar-refractivity contribution in [2.45, 2.75) is 25.2 Å². The average Bonchev–Trinajstić information content (AvgIpc) is 2.46. The summed E-state index contributed by atoms with van der Waals surface area (Å²) < 4.78 is 0. The molecule has 0 unspecified atom stereocenters. The predicted molar refractivity (Wildman–Crippen MR) is 42.4 cm³/mol. The molecule has 0 bridgehead atoms. The predicted octanol–water partition coefficient (Wildman–Crippen LogP) is 1.88. The van der Waals surface area contributed by atoms with E-state index in [-0.39, 0.29) is 12.4 Å². The Morgan fingerprint density at radius 2 is 2.30 bits per heavy atom. The van der Waals surface area contributed by atoms with E-state index in [0.717, 1.165) is 0 Å². The van der Waals surface area contributed by atoms with Crippen LogP contribution >= 0.6 is 12.4 Å². The van der Waals surface area contributed by atoms with Gasteiger partial charge < -0.3 is 0 Å². The minimum Gasteiger partial charge on any atom is -0.282 e. The second kappa shape index (κ2) is 2.27. The number of rotatable bonds is 1. The average molecular weight is 159 g/mol. The summed E-state index contributed by atoms with van der Waals surface area (Å²) in [5.74, 6) is 0. The van der Waals surface area contributed by atoms with E-state index in [1.165, 1.54) is 18.5 Å². The molecule has 0 aromatic carbocycles. The number of H-pyrrole nitrogens is 1. The third-order valence-corrected chi connectivity index (χ3v) is 2.15. The summed E-state index contributed by atoms with van der Waals surface area (Å²) in [7, 11) is 0. The molecule has 0 amide bonds. The Labute approximate surface area is 66.4 Å². The number of hydrogen-bond acceptors (Lipinski definition) is 1. The van der Waals surface area contributed by atoms with Gasteiger partial charge in [-0.1, -0.05) is 6.92 Å². The Bertz CT molecular complexity index is 201. The number of halogens is 1. The molecule has 1 aliphatic carbocycles. The molecule has 2 rings (SSSR count). The monoisotopic (exact) mass is 158 g/mol. The Kier molecular flexibility index (Phi) is 1.73. The van der Waals surface area contributed by atoms with Gasteiger partial charge in [0, 0.05) is 17.3 Å². The third-order valence-electron chi connectivity index (χ3n) is 2.15. The highest BCUT2D eigenvalue weighted by atomic mass is 35.5. The molecule has 1 fully saturated rings. The highest BCUT2D eigenvalue weighted by Crippen LogP contribution is 2.46. The summed E-state index contributed by atoms with van der Waals surface area (Å²) in [6.07, 6.45) is 4.45. The molecule has 1 saturated carbocycles. The molecule has 0 saturated heterocycles. The second-order valence-electron chi connectivity index (χ2n) is 3.03. The first kappa shape index (κ1) is 7.61. The Hall–Kier alpha value is -0.500. The van der Waals surface area contributed by atoms with Crippen LogP contribution in [-0.4, -0.2) is 10.2 Å². The number of aromatic nitrogens is 2. The minimum atomic E-state index is 0. The lowest BCUT2D eigenvalue weighted by Crippen LogP contribution is -1.98. The van der Waals surface area contributed by atoms with Crippen molar-refractivity contribution in [1.29, 1.82) is 0 Å². The van der Waals surface area contributed by atoms with Crippen molar-refractivity contribution in [3.05, 3.63) is 18.0 Å². The highest BCUT2D eigenvalue weighted by molar-refractivity contribution is 5.85. The SMILES string of the molecule is CC1(c2ccn[nH]2)CC1.Cl. The summed E-state index contributed by atoms with van der Waals surface area (Å²) in [4.78, 5) is 0. The zero-order valence-electron chi connectivity index (χ0n) is 5.92. The van der Waals surface area contributed by atoms with Gasteiger partial charge in [0.15, 0.2) is 0 Å². The van der Waals surface area contributed by atoms with Crippen molar-refractivity contribution in [2.75, 3.05) is 0 Å². The zero-order valence-corrected chi connectivity index (χ0v) is 6.74. The molecule has 2 nitrogen and oxygen atoms in total. The van der Waals surface area contributed by atoms with Gasteiger partial charge in [-0.2, -0.15) is 5.10 Å². The highest BCUT2D eigenvalue weighted by Gasteiger charge is 2.40. The zero-order chi connectivity index (χ0) is 6.32. The van der Waals surface area contributed by atoms with Crippen molar-refractivity contribution >= 4 is 12.4 Å². The van der Waals surface area contributed by atoms with Crippen LogP contribution in [0.15, 0.2) is 12.3 Å².